The average molecular weight is 670 g/mol. The van der Waals surface area contributed by atoms with Gasteiger partial charge in [0, 0.05) is 45.3 Å². The van der Waals surface area contributed by atoms with Gasteiger partial charge in [-0.1, -0.05) is 42.5 Å². The summed E-state index contributed by atoms with van der Waals surface area (Å²) in [5.74, 6) is 0.422. The topological polar surface area (TPSA) is 104 Å². The van der Waals surface area contributed by atoms with E-state index in [4.69, 9.17) is 14.2 Å². The second-order valence-corrected chi connectivity index (χ2v) is 13.0. The fourth-order valence-electron chi connectivity index (χ4n) is 7.31. The summed E-state index contributed by atoms with van der Waals surface area (Å²) < 4.78 is 16.6. The molecule has 0 unspecified atom stereocenters. The smallest absolute Gasteiger partial charge is 0.408 e. The van der Waals surface area contributed by atoms with E-state index in [0.717, 1.165) is 56.8 Å². The number of likely N-dealkylation sites (tertiary alicyclic amines) is 1. The number of imide groups is 1. The van der Waals surface area contributed by atoms with Crippen molar-refractivity contribution >= 4 is 23.6 Å². The largest absolute Gasteiger partial charge is 0.493 e. The third kappa shape index (κ3) is 7.23. The minimum atomic E-state index is -0.595. The van der Waals surface area contributed by atoms with Crippen LogP contribution in [0.3, 0.4) is 0 Å². The molecule has 49 heavy (non-hydrogen) atoms. The highest BCUT2D eigenvalue weighted by Gasteiger charge is 2.43. The van der Waals surface area contributed by atoms with Gasteiger partial charge in [0.05, 0.1) is 37.1 Å². The molecule has 3 heterocycles. The minimum Gasteiger partial charge on any atom is -0.493 e. The molecular formula is C38H47N5O6. The molecule has 6 rings (SSSR count). The van der Waals surface area contributed by atoms with E-state index in [9.17, 15) is 14.4 Å². The van der Waals surface area contributed by atoms with Crippen molar-refractivity contribution in [3.63, 3.8) is 0 Å². The van der Waals surface area contributed by atoms with Gasteiger partial charge in [-0.15, -0.1) is 0 Å². The van der Waals surface area contributed by atoms with Gasteiger partial charge in [0.15, 0.2) is 17.7 Å². The maximum Gasteiger partial charge on any atom is 0.408 e. The molecule has 1 N–H and O–H groups in total. The number of hydrogen-bond donors (Lipinski definition) is 1. The van der Waals surface area contributed by atoms with Gasteiger partial charge in [0.1, 0.15) is 0 Å². The van der Waals surface area contributed by atoms with Gasteiger partial charge < -0.3 is 24.4 Å². The van der Waals surface area contributed by atoms with Crippen molar-refractivity contribution in [1.82, 2.24) is 20.0 Å². The molecule has 3 atom stereocenters. The lowest BCUT2D eigenvalue weighted by Crippen LogP contribution is -2.47. The van der Waals surface area contributed by atoms with Gasteiger partial charge in [-0.25, -0.2) is 4.79 Å². The zero-order valence-electron chi connectivity index (χ0n) is 28.9. The van der Waals surface area contributed by atoms with Crippen molar-refractivity contribution in [2.45, 2.75) is 50.9 Å². The molecule has 260 valence electrons. The molecular weight excluding hydrogens is 622 g/mol. The monoisotopic (exact) mass is 669 g/mol. The number of carbonyl (C=O) groups excluding carboxylic acids is 3. The van der Waals surface area contributed by atoms with Gasteiger partial charge >= 0.3 is 6.09 Å². The highest BCUT2D eigenvalue weighted by molar-refractivity contribution is 6.24. The van der Waals surface area contributed by atoms with E-state index < -0.39 is 12.1 Å². The summed E-state index contributed by atoms with van der Waals surface area (Å²) in [6.45, 7) is 6.62. The number of anilines is 1. The van der Waals surface area contributed by atoms with Crippen LogP contribution in [0, 0.1) is 0 Å². The molecule has 2 saturated heterocycles. The summed E-state index contributed by atoms with van der Waals surface area (Å²) in [7, 11) is 5.07. The van der Waals surface area contributed by atoms with Crippen LogP contribution in [0.5, 0.6) is 11.5 Å². The molecule has 0 bridgehead atoms. The predicted molar refractivity (Wildman–Crippen MR) is 187 cm³/mol. The molecule has 3 aromatic carbocycles. The van der Waals surface area contributed by atoms with Crippen molar-refractivity contribution in [3.05, 3.63) is 89.0 Å². The first-order valence-electron chi connectivity index (χ1n) is 17.2. The van der Waals surface area contributed by atoms with E-state index in [1.807, 2.05) is 42.3 Å². The lowest BCUT2D eigenvalue weighted by atomic mass is 9.99. The molecule has 0 saturated carbocycles. The number of alkyl carbamates (subject to hydrolysis) is 1. The van der Waals surface area contributed by atoms with Gasteiger partial charge in [0.2, 0.25) is 0 Å². The molecule has 11 nitrogen and oxygen atoms in total. The number of methoxy groups -OCH3 is 2. The Morgan fingerprint density at radius 3 is 2.33 bits per heavy atom. The normalized spacial score (nSPS) is 19.5. The maximum absolute atomic E-state index is 14.4. The Bertz CT molecular complexity index is 1640. The number of carbonyl (C=O) groups is 3. The standard InChI is InChI=1S/C38H47N5O6/c1-26(27-11-6-5-7-12-27)41-21-23-42(24-22-41)31-14-8-13-29-35(31)37(45)43(36(29)44)30(28-17-18-32(47-3)33(25-28)48-4)15-9-19-39-38(46)49-34-16-10-20-40(34)2/h5-8,11-14,17-18,25-26,30,34H,9-10,15-16,19-24H2,1-4H3,(H,39,46)/t26-,30-,34+/m1/s1. The van der Waals surface area contributed by atoms with Crippen molar-refractivity contribution in [2.75, 3.05) is 65.4 Å². The number of ether oxygens (including phenoxy) is 3. The molecule has 3 aliphatic rings. The summed E-state index contributed by atoms with van der Waals surface area (Å²) in [6.07, 6.45) is 2.06. The van der Waals surface area contributed by atoms with E-state index >= 15 is 0 Å². The van der Waals surface area contributed by atoms with Crippen molar-refractivity contribution in [2.24, 2.45) is 0 Å². The molecule has 3 amide bonds. The Kier molecular flexibility index (Phi) is 10.7. The molecule has 0 aliphatic carbocycles. The zero-order valence-corrected chi connectivity index (χ0v) is 28.9. The minimum absolute atomic E-state index is 0.220. The van der Waals surface area contributed by atoms with Crippen LogP contribution in [0.25, 0.3) is 0 Å². The SMILES string of the molecule is COc1ccc([C@@H](CCCNC(=O)O[C@H]2CCCN2C)N2C(=O)c3cccc(N4CCN([C@H](C)c5ccccc5)CC4)c3C2=O)cc1OC. The summed E-state index contributed by atoms with van der Waals surface area (Å²) >= 11 is 0. The van der Waals surface area contributed by atoms with Crippen LogP contribution in [-0.4, -0.2) is 99.4 Å². The third-order valence-electron chi connectivity index (χ3n) is 10.1. The van der Waals surface area contributed by atoms with Crippen LogP contribution in [0.2, 0.25) is 0 Å². The molecule has 2 fully saturated rings. The number of nitrogens with one attached hydrogen (secondary N) is 1. The fourth-order valence-corrected chi connectivity index (χ4v) is 7.31. The van der Waals surface area contributed by atoms with Crippen molar-refractivity contribution in [3.8, 4) is 11.5 Å². The number of benzene rings is 3. The summed E-state index contributed by atoms with van der Waals surface area (Å²) in [5, 5.41) is 2.85. The Morgan fingerprint density at radius 1 is 0.878 bits per heavy atom. The Morgan fingerprint density at radius 2 is 1.63 bits per heavy atom. The Hall–Kier alpha value is -4.61. The molecule has 0 radical (unpaired) electrons. The first-order valence-corrected chi connectivity index (χ1v) is 17.2. The van der Waals surface area contributed by atoms with Gasteiger partial charge in [0.25, 0.3) is 11.8 Å². The highest BCUT2D eigenvalue weighted by atomic mass is 16.6. The van der Waals surface area contributed by atoms with Crippen LogP contribution in [0.15, 0.2) is 66.7 Å². The zero-order chi connectivity index (χ0) is 34.5. The van der Waals surface area contributed by atoms with Crippen LogP contribution in [0.1, 0.15) is 76.5 Å². The number of amides is 3. The summed E-state index contributed by atoms with van der Waals surface area (Å²) in [4.78, 5) is 49.1. The van der Waals surface area contributed by atoms with E-state index in [-0.39, 0.29) is 24.1 Å². The number of fused-ring (bicyclic) bond motifs is 1. The molecule has 0 spiro atoms. The van der Waals surface area contributed by atoms with Crippen LogP contribution >= 0.6 is 0 Å². The summed E-state index contributed by atoms with van der Waals surface area (Å²) in [6, 6.07) is 21.2. The number of hydrogen-bond acceptors (Lipinski definition) is 9. The van der Waals surface area contributed by atoms with Crippen LogP contribution < -0.4 is 19.7 Å². The molecule has 3 aliphatic heterocycles. The van der Waals surface area contributed by atoms with Crippen molar-refractivity contribution < 1.29 is 28.6 Å². The summed E-state index contributed by atoms with van der Waals surface area (Å²) in [5.41, 5.74) is 3.67. The number of piperazine rings is 1. The first kappa shape index (κ1) is 34.3. The lowest BCUT2D eigenvalue weighted by molar-refractivity contribution is 0.0265. The molecule has 11 heteroatoms. The second-order valence-electron chi connectivity index (χ2n) is 13.0. The van der Waals surface area contributed by atoms with Gasteiger partial charge in [-0.2, -0.15) is 0 Å². The maximum atomic E-state index is 14.4. The second kappa shape index (κ2) is 15.3. The van der Waals surface area contributed by atoms with Crippen LogP contribution in [-0.2, 0) is 4.74 Å². The van der Waals surface area contributed by atoms with E-state index in [2.05, 4.69) is 46.3 Å². The lowest BCUT2D eigenvalue weighted by Gasteiger charge is -2.39. The van der Waals surface area contributed by atoms with Gasteiger partial charge in [-0.05, 0) is 75.0 Å². The average Bonchev–Trinajstić information content (AvgIpc) is 3.66. The molecule has 0 aromatic heterocycles. The number of rotatable bonds is 12. The highest BCUT2D eigenvalue weighted by Crippen LogP contribution is 2.40. The Labute approximate surface area is 288 Å². The van der Waals surface area contributed by atoms with Crippen LogP contribution in [0.4, 0.5) is 10.5 Å². The van der Waals surface area contributed by atoms with E-state index in [0.29, 0.717) is 42.0 Å². The molecule has 3 aromatic rings. The van der Waals surface area contributed by atoms with E-state index in [1.54, 1.807) is 26.4 Å². The Balaban J connectivity index is 1.19. The fraction of sp³-hybridized carbons (Fsp3) is 0.447. The quantitative estimate of drug-likeness (QED) is 0.198. The third-order valence-corrected chi connectivity index (χ3v) is 10.1. The first-order chi connectivity index (χ1) is 23.8. The van der Waals surface area contributed by atoms with E-state index in [1.165, 1.54) is 10.5 Å². The van der Waals surface area contributed by atoms with Crippen molar-refractivity contribution in [1.29, 1.82) is 0 Å². The predicted octanol–water partition coefficient (Wildman–Crippen LogP) is 5.48. The van der Waals surface area contributed by atoms with Gasteiger partial charge in [-0.3, -0.25) is 24.3 Å². The number of nitrogens with zero attached hydrogens (tertiary/aromatic N) is 4.